The van der Waals surface area contributed by atoms with Crippen molar-refractivity contribution in [1.82, 2.24) is 20.0 Å². The first-order valence-corrected chi connectivity index (χ1v) is 15.2. The standard InChI is InChI=1S/C34H30N4O10/c39-12-15-4-2-1-3-14(15)11-35-38-32(46)25-23-18-7-5-16(41)9-20(18)36-27(23)28-24(26(25)33(38)47)19-8-6-17(42)10-21(19)37(28)34-31(45)30(44)29(43)22(13-40)48-34/h1-10,22,29-31,34-36,39-45H,11-13H2/t22-,29-,30+,31-,34-/m1/s1. The largest absolute Gasteiger partial charge is 0.508 e. The number of aromatic hydroxyl groups is 2. The number of nitrogens with zero attached hydrogens (tertiary/aromatic N) is 2. The van der Waals surface area contributed by atoms with Crippen LogP contribution in [0.2, 0.25) is 0 Å². The molecule has 2 amide bonds. The van der Waals surface area contributed by atoms with Gasteiger partial charge in [-0.15, -0.1) is 0 Å². The van der Waals surface area contributed by atoms with Crippen LogP contribution in [0.15, 0.2) is 60.7 Å². The number of carbonyl (C=O) groups is 2. The number of hydrazine groups is 1. The van der Waals surface area contributed by atoms with E-state index in [2.05, 4.69) is 10.4 Å². The lowest BCUT2D eigenvalue weighted by Crippen LogP contribution is -2.56. The van der Waals surface area contributed by atoms with Crippen molar-refractivity contribution < 1.29 is 50.1 Å². The summed E-state index contributed by atoms with van der Waals surface area (Å²) in [5.74, 6) is -1.56. The number of nitrogens with one attached hydrogen (secondary N) is 2. The van der Waals surface area contributed by atoms with Crippen molar-refractivity contribution in [2.75, 3.05) is 6.61 Å². The molecule has 5 atom stereocenters. The summed E-state index contributed by atoms with van der Waals surface area (Å²) < 4.78 is 7.46. The van der Waals surface area contributed by atoms with Crippen LogP contribution < -0.4 is 5.43 Å². The Balaban J connectivity index is 1.44. The Hall–Kier alpha value is -5.06. The van der Waals surface area contributed by atoms with Crippen molar-refractivity contribution in [3.8, 4) is 11.5 Å². The van der Waals surface area contributed by atoms with Gasteiger partial charge in [0.1, 0.15) is 35.9 Å². The summed E-state index contributed by atoms with van der Waals surface area (Å²) in [4.78, 5) is 32.0. The van der Waals surface area contributed by atoms with E-state index in [9.17, 15) is 45.3 Å². The number of hydrogen-bond donors (Lipinski definition) is 9. The van der Waals surface area contributed by atoms with E-state index in [-0.39, 0.29) is 52.2 Å². The third-order valence-electron chi connectivity index (χ3n) is 9.43. The van der Waals surface area contributed by atoms with Crippen molar-refractivity contribution in [3.63, 3.8) is 0 Å². The number of imide groups is 1. The molecule has 4 aromatic carbocycles. The molecule has 0 radical (unpaired) electrons. The number of H-pyrrole nitrogens is 1. The number of amides is 2. The third-order valence-corrected chi connectivity index (χ3v) is 9.43. The van der Waals surface area contributed by atoms with E-state index >= 15 is 0 Å². The van der Waals surface area contributed by atoms with Crippen LogP contribution in [0.1, 0.15) is 38.1 Å². The average Bonchev–Trinajstić information content (AvgIpc) is 3.69. The zero-order chi connectivity index (χ0) is 33.6. The lowest BCUT2D eigenvalue weighted by molar-refractivity contribution is -0.249. The van der Waals surface area contributed by atoms with Crippen LogP contribution in [0.4, 0.5) is 0 Å². The maximum Gasteiger partial charge on any atom is 0.276 e. The number of rotatable bonds is 6. The second-order valence-corrected chi connectivity index (χ2v) is 12.1. The number of carbonyl (C=O) groups excluding carboxylic acids is 2. The molecule has 0 bridgehead atoms. The molecule has 9 N–H and O–H groups in total. The summed E-state index contributed by atoms with van der Waals surface area (Å²) in [7, 11) is 0. The minimum atomic E-state index is -1.74. The lowest BCUT2D eigenvalue weighted by atomic mass is 9.96. The number of phenolic OH excluding ortho intramolecular Hbond substituents is 2. The van der Waals surface area contributed by atoms with Crippen LogP contribution in [-0.4, -0.2) is 93.1 Å². The molecule has 0 spiro atoms. The molecular weight excluding hydrogens is 624 g/mol. The fourth-order valence-electron chi connectivity index (χ4n) is 7.17. The first-order valence-electron chi connectivity index (χ1n) is 15.2. The minimum Gasteiger partial charge on any atom is -0.508 e. The molecule has 14 heteroatoms. The Morgan fingerprint density at radius 1 is 0.792 bits per heavy atom. The molecule has 2 aliphatic rings. The monoisotopic (exact) mass is 654 g/mol. The van der Waals surface area contributed by atoms with Gasteiger partial charge in [-0.25, -0.2) is 10.4 Å². The van der Waals surface area contributed by atoms with Gasteiger partial charge in [0.25, 0.3) is 11.8 Å². The van der Waals surface area contributed by atoms with Gasteiger partial charge in [0.15, 0.2) is 6.23 Å². The number of aromatic amines is 1. The molecule has 0 aliphatic carbocycles. The first kappa shape index (κ1) is 30.3. The van der Waals surface area contributed by atoms with E-state index in [4.69, 9.17) is 4.74 Å². The summed E-state index contributed by atoms with van der Waals surface area (Å²) in [6.07, 6.45) is -7.83. The smallest absolute Gasteiger partial charge is 0.276 e. The molecule has 1 saturated heterocycles. The number of aliphatic hydroxyl groups is 5. The zero-order valence-electron chi connectivity index (χ0n) is 25.0. The molecule has 1 fully saturated rings. The van der Waals surface area contributed by atoms with Crippen LogP contribution in [0.25, 0.3) is 43.6 Å². The van der Waals surface area contributed by atoms with Gasteiger partial charge in [0.05, 0.1) is 46.4 Å². The van der Waals surface area contributed by atoms with Gasteiger partial charge in [-0.3, -0.25) is 9.59 Å². The fourth-order valence-corrected chi connectivity index (χ4v) is 7.17. The Morgan fingerprint density at radius 2 is 1.46 bits per heavy atom. The molecule has 0 saturated carbocycles. The molecule has 246 valence electrons. The van der Waals surface area contributed by atoms with Gasteiger partial charge in [0, 0.05) is 40.2 Å². The van der Waals surface area contributed by atoms with Crippen molar-refractivity contribution in [2.45, 2.75) is 43.8 Å². The van der Waals surface area contributed by atoms with Crippen LogP contribution in [0.3, 0.4) is 0 Å². The van der Waals surface area contributed by atoms with E-state index in [0.717, 1.165) is 5.01 Å². The van der Waals surface area contributed by atoms with Crippen LogP contribution in [0, 0.1) is 0 Å². The average molecular weight is 655 g/mol. The predicted octanol–water partition coefficient (Wildman–Crippen LogP) is 1.61. The molecule has 2 aromatic heterocycles. The number of hydrogen-bond acceptors (Lipinski definition) is 11. The Bertz CT molecular complexity index is 2310. The summed E-state index contributed by atoms with van der Waals surface area (Å²) in [6, 6.07) is 15.9. The number of phenols is 2. The molecule has 2 aliphatic heterocycles. The van der Waals surface area contributed by atoms with Gasteiger partial charge in [0.2, 0.25) is 0 Å². The highest BCUT2D eigenvalue weighted by atomic mass is 16.6. The Labute approximate surface area is 270 Å². The summed E-state index contributed by atoms with van der Waals surface area (Å²) in [5, 5.41) is 75.7. The number of fused-ring (bicyclic) bond motifs is 10. The molecule has 0 unspecified atom stereocenters. The topological polar surface area (TPSA) is 221 Å². The number of aliphatic hydroxyl groups excluding tert-OH is 5. The van der Waals surface area contributed by atoms with Crippen molar-refractivity contribution >= 4 is 55.4 Å². The first-order chi connectivity index (χ1) is 23.1. The molecule has 6 aromatic rings. The summed E-state index contributed by atoms with van der Waals surface area (Å²) in [5.41, 5.74) is 5.59. The summed E-state index contributed by atoms with van der Waals surface area (Å²) >= 11 is 0. The summed E-state index contributed by atoms with van der Waals surface area (Å²) in [6.45, 7) is -0.891. The normalized spacial score (nSPS) is 22.9. The molecular formula is C34H30N4O10. The van der Waals surface area contributed by atoms with Gasteiger partial charge in [-0.05, 0) is 35.4 Å². The third kappa shape index (κ3) is 4.18. The molecule has 14 nitrogen and oxygen atoms in total. The second-order valence-electron chi connectivity index (χ2n) is 12.1. The molecule has 48 heavy (non-hydrogen) atoms. The quantitative estimate of drug-likeness (QED) is 0.117. The van der Waals surface area contributed by atoms with Crippen molar-refractivity contribution in [2.24, 2.45) is 0 Å². The minimum absolute atomic E-state index is 0.0263. The SMILES string of the molecule is O=C1c2c(c3c4ccc(O)cc4n([C@@H]4O[C@H](CO)[C@@H](O)[C@H](O)[C@H]4O)c3c3[nH]c4cc(O)ccc4c23)C(=O)N1NCc1ccccc1CO. The maximum atomic E-state index is 14.4. The molecule has 4 heterocycles. The van der Waals surface area contributed by atoms with Crippen LogP contribution >= 0.6 is 0 Å². The lowest BCUT2D eigenvalue weighted by Gasteiger charge is -2.41. The van der Waals surface area contributed by atoms with E-state index in [1.165, 1.54) is 28.8 Å². The van der Waals surface area contributed by atoms with Crippen molar-refractivity contribution in [1.29, 1.82) is 0 Å². The van der Waals surface area contributed by atoms with Crippen molar-refractivity contribution in [3.05, 3.63) is 82.9 Å². The van der Waals surface area contributed by atoms with Gasteiger partial charge < -0.3 is 50.0 Å². The maximum absolute atomic E-state index is 14.4. The van der Waals surface area contributed by atoms with Gasteiger partial charge in [-0.2, -0.15) is 0 Å². The number of aromatic nitrogens is 2. The fraction of sp³-hybridized carbons (Fsp3) is 0.235. The van der Waals surface area contributed by atoms with Gasteiger partial charge in [-0.1, -0.05) is 24.3 Å². The zero-order valence-corrected chi connectivity index (χ0v) is 25.0. The van der Waals surface area contributed by atoms with Crippen LogP contribution in [-0.2, 0) is 17.9 Å². The highest BCUT2D eigenvalue weighted by Crippen LogP contribution is 2.48. The van der Waals surface area contributed by atoms with Gasteiger partial charge >= 0.3 is 0 Å². The Morgan fingerprint density at radius 3 is 2.17 bits per heavy atom. The highest BCUT2D eigenvalue weighted by Gasteiger charge is 2.47. The van der Waals surface area contributed by atoms with E-state index < -0.39 is 49.1 Å². The van der Waals surface area contributed by atoms with E-state index in [0.29, 0.717) is 38.3 Å². The highest BCUT2D eigenvalue weighted by molar-refractivity contribution is 6.39. The predicted molar refractivity (Wildman–Crippen MR) is 171 cm³/mol. The molecule has 8 rings (SSSR count). The van der Waals surface area contributed by atoms with E-state index in [1.807, 2.05) is 0 Å². The number of ether oxygens (including phenoxy) is 1. The van der Waals surface area contributed by atoms with Crippen LogP contribution in [0.5, 0.6) is 11.5 Å². The second kappa shape index (κ2) is 11.0. The van der Waals surface area contributed by atoms with E-state index in [1.54, 1.807) is 36.4 Å². The Kier molecular flexibility index (Phi) is 6.94. The number of benzene rings is 4.